The molecule has 0 bridgehead atoms. The molecule has 0 spiro atoms. The molecule has 1 aromatic rings. The first-order valence-corrected chi connectivity index (χ1v) is 8.41. The average Bonchev–Trinajstić information content (AvgIpc) is 2.54. The van der Waals surface area contributed by atoms with E-state index < -0.39 is 6.09 Å². The largest absolute Gasteiger partial charge is 0.494 e. The molecule has 1 rings (SSSR count). The van der Waals surface area contributed by atoms with Crippen LogP contribution in [0.1, 0.15) is 38.3 Å². The summed E-state index contributed by atoms with van der Waals surface area (Å²) < 4.78 is 10.5. The van der Waals surface area contributed by atoms with Crippen molar-refractivity contribution in [3.05, 3.63) is 42.0 Å². The second-order valence-electron chi connectivity index (χ2n) is 6.10. The van der Waals surface area contributed by atoms with Crippen molar-refractivity contribution in [3.63, 3.8) is 0 Å². The molecule has 1 aromatic carbocycles. The SMILES string of the molecule is C=C(OCC)c1ccc(C[C@@H](CCO)NC(=O)OCC(C)C)cc1. The first-order valence-electron chi connectivity index (χ1n) is 8.41. The molecular weight excluding hydrogens is 306 g/mol. The van der Waals surface area contributed by atoms with Crippen molar-refractivity contribution in [1.29, 1.82) is 0 Å². The fourth-order valence-corrected chi connectivity index (χ4v) is 2.20. The first-order chi connectivity index (χ1) is 11.5. The van der Waals surface area contributed by atoms with Gasteiger partial charge in [0, 0.05) is 18.2 Å². The quantitative estimate of drug-likeness (QED) is 0.643. The van der Waals surface area contributed by atoms with E-state index >= 15 is 0 Å². The van der Waals surface area contributed by atoms with Gasteiger partial charge in [-0.25, -0.2) is 4.79 Å². The molecule has 134 valence electrons. The Morgan fingerprint density at radius 2 is 1.92 bits per heavy atom. The van der Waals surface area contributed by atoms with Gasteiger partial charge in [0.25, 0.3) is 0 Å². The fraction of sp³-hybridized carbons (Fsp3) is 0.526. The Balaban J connectivity index is 2.61. The number of alkyl carbamates (subject to hydrolysis) is 1. The van der Waals surface area contributed by atoms with Crippen molar-refractivity contribution in [2.75, 3.05) is 19.8 Å². The van der Waals surface area contributed by atoms with Crippen molar-refractivity contribution in [2.45, 2.75) is 39.7 Å². The molecule has 5 nitrogen and oxygen atoms in total. The maximum Gasteiger partial charge on any atom is 0.407 e. The third-order valence-corrected chi connectivity index (χ3v) is 3.42. The lowest BCUT2D eigenvalue weighted by atomic mass is 10.0. The number of hydrogen-bond donors (Lipinski definition) is 2. The van der Waals surface area contributed by atoms with Crippen LogP contribution in [0.25, 0.3) is 5.76 Å². The van der Waals surface area contributed by atoms with E-state index in [1.54, 1.807) is 0 Å². The van der Waals surface area contributed by atoms with Crippen LogP contribution in [0.15, 0.2) is 30.8 Å². The van der Waals surface area contributed by atoms with Crippen LogP contribution >= 0.6 is 0 Å². The summed E-state index contributed by atoms with van der Waals surface area (Å²) in [5, 5.41) is 12.0. The summed E-state index contributed by atoms with van der Waals surface area (Å²) in [4.78, 5) is 11.8. The molecule has 0 unspecified atom stereocenters. The Kier molecular flexibility index (Phi) is 8.94. The summed E-state index contributed by atoms with van der Waals surface area (Å²) >= 11 is 0. The van der Waals surface area contributed by atoms with Crippen molar-refractivity contribution < 1.29 is 19.4 Å². The van der Waals surface area contributed by atoms with Gasteiger partial charge in [0.1, 0.15) is 5.76 Å². The predicted octanol–water partition coefficient (Wildman–Crippen LogP) is 3.37. The molecule has 1 amide bonds. The van der Waals surface area contributed by atoms with Gasteiger partial charge < -0.3 is 19.9 Å². The topological polar surface area (TPSA) is 67.8 Å². The first kappa shape index (κ1) is 20.0. The van der Waals surface area contributed by atoms with E-state index in [1.807, 2.05) is 45.0 Å². The van der Waals surface area contributed by atoms with Gasteiger partial charge in [0.2, 0.25) is 0 Å². The fourth-order valence-electron chi connectivity index (χ4n) is 2.20. The van der Waals surface area contributed by atoms with Crippen LogP contribution in [-0.2, 0) is 15.9 Å². The second-order valence-corrected chi connectivity index (χ2v) is 6.10. The Morgan fingerprint density at radius 1 is 1.25 bits per heavy atom. The third-order valence-electron chi connectivity index (χ3n) is 3.42. The average molecular weight is 335 g/mol. The molecule has 0 aliphatic rings. The van der Waals surface area contributed by atoms with Crippen LogP contribution in [0.3, 0.4) is 0 Å². The van der Waals surface area contributed by atoms with Gasteiger partial charge in [-0.05, 0) is 31.2 Å². The molecule has 0 saturated heterocycles. The van der Waals surface area contributed by atoms with Crippen LogP contribution in [0.5, 0.6) is 0 Å². The summed E-state index contributed by atoms with van der Waals surface area (Å²) in [7, 11) is 0. The van der Waals surface area contributed by atoms with Gasteiger partial charge >= 0.3 is 6.09 Å². The van der Waals surface area contributed by atoms with E-state index in [-0.39, 0.29) is 18.6 Å². The number of aliphatic hydroxyl groups is 1. The molecule has 1 atom stereocenters. The van der Waals surface area contributed by atoms with Crippen molar-refractivity contribution in [2.24, 2.45) is 5.92 Å². The maximum atomic E-state index is 11.8. The van der Waals surface area contributed by atoms with Gasteiger partial charge in [-0.2, -0.15) is 0 Å². The molecule has 0 aliphatic carbocycles. The summed E-state index contributed by atoms with van der Waals surface area (Å²) in [6, 6.07) is 7.67. The Morgan fingerprint density at radius 3 is 2.46 bits per heavy atom. The van der Waals surface area contributed by atoms with E-state index in [1.165, 1.54) is 0 Å². The summed E-state index contributed by atoms with van der Waals surface area (Å²) in [6.07, 6.45) is 0.659. The van der Waals surface area contributed by atoms with Gasteiger partial charge in [-0.1, -0.05) is 44.7 Å². The number of ether oxygens (including phenoxy) is 2. The van der Waals surface area contributed by atoms with E-state index in [9.17, 15) is 9.90 Å². The standard InChI is InChI=1S/C19H29NO4/c1-5-23-15(4)17-8-6-16(7-9-17)12-18(10-11-21)20-19(22)24-13-14(2)3/h6-9,14,18,21H,4-5,10-13H2,1-3H3,(H,20,22)/t18-/m1/s1. The molecule has 0 aromatic heterocycles. The number of carbonyl (C=O) groups is 1. The van der Waals surface area contributed by atoms with E-state index in [0.717, 1.165) is 11.1 Å². The number of amides is 1. The number of carbonyl (C=O) groups excluding carboxylic acids is 1. The second kappa shape index (κ2) is 10.7. The molecule has 0 heterocycles. The lowest BCUT2D eigenvalue weighted by Crippen LogP contribution is -2.38. The maximum absolute atomic E-state index is 11.8. The Hall–Kier alpha value is -2.01. The molecule has 0 radical (unpaired) electrons. The summed E-state index contributed by atoms with van der Waals surface area (Å²) in [5.74, 6) is 0.935. The van der Waals surface area contributed by atoms with Gasteiger partial charge in [0.15, 0.2) is 0 Å². The molecule has 0 fully saturated rings. The Bertz CT molecular complexity index is 511. The minimum Gasteiger partial charge on any atom is -0.494 e. The van der Waals surface area contributed by atoms with Gasteiger partial charge in [-0.3, -0.25) is 0 Å². The zero-order valence-electron chi connectivity index (χ0n) is 14.9. The Labute approximate surface area is 144 Å². The molecule has 2 N–H and O–H groups in total. The van der Waals surface area contributed by atoms with E-state index in [2.05, 4.69) is 11.9 Å². The smallest absolute Gasteiger partial charge is 0.407 e. The van der Waals surface area contributed by atoms with Gasteiger partial charge in [-0.15, -0.1) is 0 Å². The van der Waals surface area contributed by atoms with E-state index in [0.29, 0.717) is 31.8 Å². The summed E-state index contributed by atoms with van der Waals surface area (Å²) in [6.45, 7) is 10.7. The van der Waals surface area contributed by atoms with Crippen LogP contribution in [0.4, 0.5) is 4.79 Å². The minimum atomic E-state index is -0.441. The molecular formula is C19H29NO4. The normalized spacial score (nSPS) is 11.9. The van der Waals surface area contributed by atoms with Crippen molar-refractivity contribution in [3.8, 4) is 0 Å². The number of benzene rings is 1. The van der Waals surface area contributed by atoms with E-state index in [4.69, 9.17) is 9.47 Å². The van der Waals surface area contributed by atoms with Crippen LogP contribution in [0, 0.1) is 5.92 Å². The lowest BCUT2D eigenvalue weighted by Gasteiger charge is -2.18. The number of rotatable bonds is 10. The molecule has 0 aliphatic heterocycles. The molecule has 5 heteroatoms. The predicted molar refractivity (Wildman–Crippen MR) is 95.6 cm³/mol. The molecule has 24 heavy (non-hydrogen) atoms. The summed E-state index contributed by atoms with van der Waals surface area (Å²) in [5.41, 5.74) is 1.99. The number of hydrogen-bond acceptors (Lipinski definition) is 4. The highest BCUT2D eigenvalue weighted by Crippen LogP contribution is 2.16. The highest BCUT2D eigenvalue weighted by Gasteiger charge is 2.14. The number of aliphatic hydroxyl groups excluding tert-OH is 1. The zero-order valence-corrected chi connectivity index (χ0v) is 14.9. The highest BCUT2D eigenvalue weighted by atomic mass is 16.5. The third kappa shape index (κ3) is 7.51. The zero-order chi connectivity index (χ0) is 17.9. The molecule has 0 saturated carbocycles. The van der Waals surface area contributed by atoms with Crippen LogP contribution < -0.4 is 5.32 Å². The monoisotopic (exact) mass is 335 g/mol. The number of nitrogens with one attached hydrogen (secondary N) is 1. The van der Waals surface area contributed by atoms with Gasteiger partial charge in [0.05, 0.1) is 13.2 Å². The van der Waals surface area contributed by atoms with Crippen LogP contribution in [0.2, 0.25) is 0 Å². The lowest BCUT2D eigenvalue weighted by molar-refractivity contribution is 0.127. The van der Waals surface area contributed by atoms with Crippen molar-refractivity contribution in [1.82, 2.24) is 5.32 Å². The minimum absolute atomic E-state index is 0.00829. The van der Waals surface area contributed by atoms with Crippen molar-refractivity contribution >= 4 is 11.9 Å². The van der Waals surface area contributed by atoms with Crippen LogP contribution in [-0.4, -0.2) is 37.1 Å². The highest BCUT2D eigenvalue weighted by molar-refractivity contribution is 5.67.